The molecule has 0 aliphatic carbocycles. The number of carbonyl (C=O) groups excluding carboxylic acids is 1. The van der Waals surface area contributed by atoms with Crippen LogP contribution in [0.3, 0.4) is 0 Å². The van der Waals surface area contributed by atoms with Gasteiger partial charge in [0, 0.05) is 25.2 Å². The molecule has 2 fully saturated rings. The molecule has 0 spiro atoms. The van der Waals surface area contributed by atoms with Crippen molar-refractivity contribution in [3.8, 4) is 0 Å². The van der Waals surface area contributed by atoms with Crippen LogP contribution in [0.25, 0.3) is 0 Å². The number of nitrogens with one attached hydrogen (secondary N) is 1. The molecule has 5 heteroatoms. The summed E-state index contributed by atoms with van der Waals surface area (Å²) in [6, 6.07) is 5.98. The van der Waals surface area contributed by atoms with Crippen LogP contribution in [0.5, 0.6) is 0 Å². The Balaban J connectivity index is 1.50. The van der Waals surface area contributed by atoms with E-state index >= 15 is 0 Å². The molecule has 3 rings (SSSR count). The van der Waals surface area contributed by atoms with Gasteiger partial charge in [0.2, 0.25) is 0 Å². The van der Waals surface area contributed by atoms with Gasteiger partial charge in [-0.3, -0.25) is 9.69 Å². The number of cyclic esters (lactones) is 1. The molecule has 2 saturated heterocycles. The number of ether oxygens (including phenoxy) is 1. The Hall–Kier alpha value is -1.62. The minimum atomic E-state index is -0.0449. The average molecular weight is 289 g/mol. The molecule has 1 aromatic rings. The number of likely N-dealkylation sites (tertiary alicyclic amines) is 1. The molecule has 0 saturated carbocycles. The maximum absolute atomic E-state index is 11.8. The van der Waals surface area contributed by atoms with Crippen LogP contribution in [-0.4, -0.2) is 47.6 Å². The second kappa shape index (κ2) is 6.02. The molecule has 21 heavy (non-hydrogen) atoms. The van der Waals surface area contributed by atoms with Crippen molar-refractivity contribution in [1.29, 1.82) is 0 Å². The van der Waals surface area contributed by atoms with Crippen molar-refractivity contribution in [2.75, 3.05) is 25.0 Å². The van der Waals surface area contributed by atoms with E-state index in [4.69, 9.17) is 4.74 Å². The van der Waals surface area contributed by atoms with E-state index in [0.717, 1.165) is 44.0 Å². The number of carbonyl (C=O) groups is 1. The van der Waals surface area contributed by atoms with Crippen LogP contribution < -0.4 is 5.32 Å². The van der Waals surface area contributed by atoms with Gasteiger partial charge in [0.1, 0.15) is 18.0 Å². The fraction of sp³-hybridized carbons (Fsp3) is 0.625. The average Bonchev–Trinajstić information content (AvgIpc) is 3.03. The van der Waals surface area contributed by atoms with Crippen molar-refractivity contribution in [2.45, 2.75) is 38.8 Å². The molecule has 2 aliphatic heterocycles. The Morgan fingerprint density at radius 1 is 1.48 bits per heavy atom. The molecule has 3 unspecified atom stereocenters. The standard InChI is InChI=1S/C16H23N3O2/c1-11-4-3-5-15(18-11)17-9-13-6-7-19(10-13)14-8-12(2)21-16(14)20/h3-5,12-14H,6-10H2,1-2H3,(H,17,18). The number of nitrogens with zero attached hydrogens (tertiary/aromatic N) is 2. The molecule has 3 heterocycles. The maximum Gasteiger partial charge on any atom is 0.323 e. The number of anilines is 1. The molecule has 2 aliphatic rings. The first-order valence-corrected chi connectivity index (χ1v) is 7.74. The van der Waals surface area contributed by atoms with Crippen LogP contribution in [0.4, 0.5) is 5.82 Å². The van der Waals surface area contributed by atoms with Crippen molar-refractivity contribution < 1.29 is 9.53 Å². The van der Waals surface area contributed by atoms with Crippen molar-refractivity contribution in [3.05, 3.63) is 23.9 Å². The number of aromatic nitrogens is 1. The fourth-order valence-corrected chi connectivity index (χ4v) is 3.24. The lowest BCUT2D eigenvalue weighted by molar-refractivity contribution is -0.144. The summed E-state index contributed by atoms with van der Waals surface area (Å²) in [5.74, 6) is 1.45. The molecule has 3 atom stereocenters. The molecule has 0 aromatic carbocycles. The second-order valence-electron chi connectivity index (χ2n) is 6.19. The number of pyridine rings is 1. The van der Waals surface area contributed by atoms with Crippen LogP contribution in [0.15, 0.2) is 18.2 Å². The SMILES string of the molecule is Cc1cccc(NCC2CCN(C3CC(C)OC3=O)C2)n1. The third kappa shape index (κ3) is 3.35. The fourth-order valence-electron chi connectivity index (χ4n) is 3.24. The molecule has 1 aromatic heterocycles. The molecule has 114 valence electrons. The first-order chi connectivity index (χ1) is 10.1. The summed E-state index contributed by atoms with van der Waals surface area (Å²) in [5.41, 5.74) is 1.02. The molecule has 0 amide bonds. The lowest BCUT2D eigenvalue weighted by atomic mass is 10.1. The summed E-state index contributed by atoms with van der Waals surface area (Å²) >= 11 is 0. The monoisotopic (exact) mass is 289 g/mol. The van der Waals surface area contributed by atoms with Gasteiger partial charge in [-0.25, -0.2) is 4.98 Å². The number of rotatable bonds is 4. The normalized spacial score (nSPS) is 29.6. The first kappa shape index (κ1) is 14.3. The number of hydrogen-bond acceptors (Lipinski definition) is 5. The van der Waals surface area contributed by atoms with Gasteiger partial charge in [-0.1, -0.05) is 6.07 Å². The summed E-state index contributed by atoms with van der Waals surface area (Å²) in [7, 11) is 0. The van der Waals surface area contributed by atoms with E-state index < -0.39 is 0 Å². The summed E-state index contributed by atoms with van der Waals surface area (Å²) in [6.07, 6.45) is 2.02. The highest BCUT2D eigenvalue weighted by Gasteiger charge is 2.39. The zero-order valence-corrected chi connectivity index (χ0v) is 12.7. The molecule has 1 N–H and O–H groups in total. The predicted molar refractivity (Wildman–Crippen MR) is 81.1 cm³/mol. The van der Waals surface area contributed by atoms with Crippen LogP contribution in [0.1, 0.15) is 25.5 Å². The first-order valence-electron chi connectivity index (χ1n) is 7.74. The van der Waals surface area contributed by atoms with Gasteiger partial charge in [0.15, 0.2) is 0 Å². The zero-order valence-electron chi connectivity index (χ0n) is 12.7. The van der Waals surface area contributed by atoms with Crippen molar-refractivity contribution >= 4 is 11.8 Å². The largest absolute Gasteiger partial charge is 0.461 e. The summed E-state index contributed by atoms with van der Waals surface area (Å²) in [5, 5.41) is 3.40. The van der Waals surface area contributed by atoms with Gasteiger partial charge in [-0.15, -0.1) is 0 Å². The summed E-state index contributed by atoms with van der Waals surface area (Å²) in [6.45, 7) is 6.82. The van der Waals surface area contributed by atoms with E-state index in [1.807, 2.05) is 32.0 Å². The van der Waals surface area contributed by atoms with E-state index in [9.17, 15) is 4.79 Å². The predicted octanol–water partition coefficient (Wildman–Crippen LogP) is 1.83. The second-order valence-corrected chi connectivity index (χ2v) is 6.19. The van der Waals surface area contributed by atoms with Gasteiger partial charge in [-0.05, 0) is 44.9 Å². The Kier molecular flexibility index (Phi) is 4.10. The van der Waals surface area contributed by atoms with Crippen molar-refractivity contribution in [3.63, 3.8) is 0 Å². The molecule has 0 bridgehead atoms. The number of aryl methyl sites for hydroxylation is 1. The van der Waals surface area contributed by atoms with E-state index in [0.29, 0.717) is 5.92 Å². The van der Waals surface area contributed by atoms with Crippen molar-refractivity contribution in [2.24, 2.45) is 5.92 Å². The zero-order chi connectivity index (χ0) is 14.8. The van der Waals surface area contributed by atoms with Gasteiger partial charge in [0.25, 0.3) is 0 Å². The lowest BCUT2D eigenvalue weighted by Gasteiger charge is -2.20. The Bertz CT molecular complexity index is 520. The highest BCUT2D eigenvalue weighted by atomic mass is 16.6. The minimum Gasteiger partial charge on any atom is -0.461 e. The Labute approximate surface area is 125 Å². The number of esters is 1. The Morgan fingerprint density at radius 2 is 2.33 bits per heavy atom. The van der Waals surface area contributed by atoms with Crippen LogP contribution in [0, 0.1) is 12.8 Å². The smallest absolute Gasteiger partial charge is 0.323 e. The maximum atomic E-state index is 11.8. The molecular weight excluding hydrogens is 266 g/mol. The highest BCUT2D eigenvalue weighted by molar-refractivity contribution is 5.78. The third-order valence-electron chi connectivity index (χ3n) is 4.36. The highest BCUT2D eigenvalue weighted by Crippen LogP contribution is 2.26. The molecule has 5 nitrogen and oxygen atoms in total. The van der Waals surface area contributed by atoms with Gasteiger partial charge >= 0.3 is 5.97 Å². The van der Waals surface area contributed by atoms with E-state index in [-0.39, 0.29) is 18.1 Å². The third-order valence-corrected chi connectivity index (χ3v) is 4.36. The minimum absolute atomic E-state index is 0.0258. The molecular formula is C16H23N3O2. The Morgan fingerprint density at radius 3 is 3.05 bits per heavy atom. The molecule has 0 radical (unpaired) electrons. The summed E-state index contributed by atoms with van der Waals surface area (Å²) in [4.78, 5) is 18.5. The lowest BCUT2D eigenvalue weighted by Crippen LogP contribution is -2.37. The van der Waals surface area contributed by atoms with Gasteiger partial charge in [-0.2, -0.15) is 0 Å². The topological polar surface area (TPSA) is 54.5 Å². The van der Waals surface area contributed by atoms with E-state index in [1.165, 1.54) is 0 Å². The van der Waals surface area contributed by atoms with E-state index in [2.05, 4.69) is 15.2 Å². The van der Waals surface area contributed by atoms with Gasteiger partial charge in [0.05, 0.1) is 0 Å². The number of hydrogen-bond donors (Lipinski definition) is 1. The van der Waals surface area contributed by atoms with Crippen LogP contribution >= 0.6 is 0 Å². The quantitative estimate of drug-likeness (QED) is 0.857. The van der Waals surface area contributed by atoms with E-state index in [1.54, 1.807) is 0 Å². The van der Waals surface area contributed by atoms with Crippen LogP contribution in [0.2, 0.25) is 0 Å². The summed E-state index contributed by atoms with van der Waals surface area (Å²) < 4.78 is 5.26. The van der Waals surface area contributed by atoms with Crippen molar-refractivity contribution in [1.82, 2.24) is 9.88 Å². The van der Waals surface area contributed by atoms with Crippen LogP contribution in [-0.2, 0) is 9.53 Å². The van der Waals surface area contributed by atoms with Gasteiger partial charge < -0.3 is 10.1 Å².